The molecule has 0 bridgehead atoms. The van der Waals surface area contributed by atoms with Gasteiger partial charge in [0.25, 0.3) is 0 Å². The second-order valence-corrected chi connectivity index (χ2v) is 3.63. The summed E-state index contributed by atoms with van der Waals surface area (Å²) in [5.41, 5.74) is 3.37. The van der Waals surface area contributed by atoms with Crippen molar-refractivity contribution in [2.45, 2.75) is 0 Å². The second kappa shape index (κ2) is 3.70. The van der Waals surface area contributed by atoms with Gasteiger partial charge in [0.15, 0.2) is 0 Å². The third-order valence-electron chi connectivity index (χ3n) is 2.59. The van der Waals surface area contributed by atoms with E-state index in [4.69, 9.17) is 0 Å². The van der Waals surface area contributed by atoms with E-state index in [0.717, 1.165) is 11.2 Å². The highest BCUT2D eigenvalue weighted by Gasteiger charge is 1.97. The van der Waals surface area contributed by atoms with E-state index in [1.807, 2.05) is 24.4 Å². The summed E-state index contributed by atoms with van der Waals surface area (Å²) in [4.78, 5) is 3.20. The number of aromatic nitrogens is 3. The summed E-state index contributed by atoms with van der Waals surface area (Å²) in [6.07, 6.45) is 7.81. The van der Waals surface area contributed by atoms with Crippen molar-refractivity contribution in [1.82, 2.24) is 15.2 Å². The zero-order chi connectivity index (χ0) is 10.8. The largest absolute Gasteiger partial charge is 0.361 e. The monoisotopic (exact) mass is 209 g/mol. The van der Waals surface area contributed by atoms with Crippen LogP contribution in [0.4, 0.5) is 0 Å². The molecule has 3 rings (SSSR count). The highest BCUT2D eigenvalue weighted by atomic mass is 15.1. The normalized spacial score (nSPS) is 11.5. The first kappa shape index (κ1) is 8.97. The molecular formula is C13H11N3. The van der Waals surface area contributed by atoms with Gasteiger partial charge in [0, 0.05) is 23.3 Å². The zero-order valence-electron chi connectivity index (χ0n) is 8.64. The maximum atomic E-state index is 3.90. The number of nitrogens with zero attached hydrogens (tertiary/aromatic N) is 1. The van der Waals surface area contributed by atoms with Crippen LogP contribution in [0.15, 0.2) is 42.7 Å². The SMILES string of the molecule is C(=C\c1cccc2[nH]ccc12)/c1ccn[nH]1. The van der Waals surface area contributed by atoms with Gasteiger partial charge in [-0.3, -0.25) is 5.10 Å². The van der Waals surface area contributed by atoms with Crippen LogP contribution in [-0.4, -0.2) is 15.2 Å². The van der Waals surface area contributed by atoms with Gasteiger partial charge in [-0.05, 0) is 29.8 Å². The number of fused-ring (bicyclic) bond motifs is 1. The molecule has 78 valence electrons. The number of aromatic amines is 2. The highest BCUT2D eigenvalue weighted by molar-refractivity contribution is 5.90. The van der Waals surface area contributed by atoms with Crippen molar-refractivity contribution >= 4 is 23.1 Å². The van der Waals surface area contributed by atoms with Crippen molar-refractivity contribution in [3.8, 4) is 0 Å². The lowest BCUT2D eigenvalue weighted by molar-refractivity contribution is 1.08. The molecule has 0 saturated carbocycles. The smallest absolute Gasteiger partial charge is 0.0577 e. The van der Waals surface area contributed by atoms with E-state index >= 15 is 0 Å². The fraction of sp³-hybridized carbons (Fsp3) is 0. The Morgan fingerprint density at radius 1 is 1.06 bits per heavy atom. The van der Waals surface area contributed by atoms with Crippen LogP contribution in [0.25, 0.3) is 23.1 Å². The molecule has 0 fully saturated rings. The maximum Gasteiger partial charge on any atom is 0.0577 e. The molecular weight excluding hydrogens is 198 g/mol. The van der Waals surface area contributed by atoms with E-state index in [9.17, 15) is 0 Å². The van der Waals surface area contributed by atoms with Crippen LogP contribution in [0.5, 0.6) is 0 Å². The van der Waals surface area contributed by atoms with Crippen LogP contribution in [0.1, 0.15) is 11.3 Å². The Morgan fingerprint density at radius 2 is 2.06 bits per heavy atom. The van der Waals surface area contributed by atoms with Crippen LogP contribution >= 0.6 is 0 Å². The summed E-state index contributed by atoms with van der Waals surface area (Å²) in [6, 6.07) is 10.2. The minimum Gasteiger partial charge on any atom is -0.361 e. The first-order chi connectivity index (χ1) is 7.93. The van der Waals surface area contributed by atoms with Crippen molar-refractivity contribution < 1.29 is 0 Å². The van der Waals surface area contributed by atoms with Crippen LogP contribution in [-0.2, 0) is 0 Å². The molecule has 1 aromatic carbocycles. The van der Waals surface area contributed by atoms with E-state index < -0.39 is 0 Å². The van der Waals surface area contributed by atoms with E-state index in [1.54, 1.807) is 6.20 Å². The summed E-state index contributed by atoms with van der Waals surface area (Å²) in [5, 5.41) is 8.04. The number of benzene rings is 1. The van der Waals surface area contributed by atoms with Gasteiger partial charge in [-0.15, -0.1) is 0 Å². The first-order valence-electron chi connectivity index (χ1n) is 5.17. The van der Waals surface area contributed by atoms with E-state index in [2.05, 4.69) is 39.5 Å². The molecule has 0 aliphatic heterocycles. The van der Waals surface area contributed by atoms with Crippen molar-refractivity contribution in [1.29, 1.82) is 0 Å². The Labute approximate surface area is 92.8 Å². The van der Waals surface area contributed by atoms with Crippen molar-refractivity contribution in [3.63, 3.8) is 0 Å². The number of nitrogens with one attached hydrogen (secondary N) is 2. The molecule has 16 heavy (non-hydrogen) atoms. The van der Waals surface area contributed by atoms with Gasteiger partial charge in [0.1, 0.15) is 0 Å². The topological polar surface area (TPSA) is 44.5 Å². The predicted molar refractivity (Wildman–Crippen MR) is 65.8 cm³/mol. The lowest BCUT2D eigenvalue weighted by Crippen LogP contribution is -1.75. The highest BCUT2D eigenvalue weighted by Crippen LogP contribution is 2.19. The van der Waals surface area contributed by atoms with Gasteiger partial charge in [0.05, 0.1) is 5.69 Å². The molecule has 0 saturated heterocycles. The number of rotatable bonds is 2. The summed E-state index contributed by atoms with van der Waals surface area (Å²) in [5.74, 6) is 0. The van der Waals surface area contributed by atoms with Gasteiger partial charge in [-0.25, -0.2) is 0 Å². The van der Waals surface area contributed by atoms with E-state index in [0.29, 0.717) is 0 Å². The molecule has 0 aliphatic rings. The Bertz CT molecular complexity index is 617. The van der Waals surface area contributed by atoms with E-state index in [-0.39, 0.29) is 0 Å². The lowest BCUT2D eigenvalue weighted by Gasteiger charge is -1.95. The van der Waals surface area contributed by atoms with Crippen molar-refractivity contribution in [3.05, 3.63) is 54.0 Å². The van der Waals surface area contributed by atoms with Crippen LogP contribution < -0.4 is 0 Å². The molecule has 0 radical (unpaired) electrons. The van der Waals surface area contributed by atoms with Crippen LogP contribution in [0.2, 0.25) is 0 Å². The molecule has 0 spiro atoms. The Morgan fingerprint density at radius 3 is 2.94 bits per heavy atom. The van der Waals surface area contributed by atoms with Gasteiger partial charge in [0.2, 0.25) is 0 Å². The number of hydrogen-bond acceptors (Lipinski definition) is 1. The number of H-pyrrole nitrogens is 2. The van der Waals surface area contributed by atoms with Gasteiger partial charge < -0.3 is 4.98 Å². The van der Waals surface area contributed by atoms with Crippen LogP contribution in [0.3, 0.4) is 0 Å². The van der Waals surface area contributed by atoms with Crippen molar-refractivity contribution in [2.24, 2.45) is 0 Å². The molecule has 3 aromatic rings. The fourth-order valence-corrected chi connectivity index (χ4v) is 1.79. The molecule has 2 heterocycles. The first-order valence-corrected chi connectivity index (χ1v) is 5.17. The standard InChI is InChI=1S/C13H11N3/c1-2-10(4-5-11-6-9-15-16-11)12-7-8-14-13(12)3-1/h1-9,14H,(H,15,16)/b5-4+. The average Bonchev–Trinajstić information content (AvgIpc) is 2.97. The molecule has 2 aromatic heterocycles. The Balaban J connectivity index is 2.03. The Kier molecular flexibility index (Phi) is 2.07. The molecule has 0 atom stereocenters. The van der Waals surface area contributed by atoms with Gasteiger partial charge >= 0.3 is 0 Å². The maximum absolute atomic E-state index is 3.90. The summed E-state index contributed by atoms with van der Waals surface area (Å²) < 4.78 is 0. The zero-order valence-corrected chi connectivity index (χ0v) is 8.64. The van der Waals surface area contributed by atoms with Gasteiger partial charge in [-0.2, -0.15) is 5.10 Å². The summed E-state index contributed by atoms with van der Waals surface area (Å²) >= 11 is 0. The molecule has 0 amide bonds. The fourth-order valence-electron chi connectivity index (χ4n) is 1.79. The predicted octanol–water partition coefficient (Wildman–Crippen LogP) is 3.06. The summed E-state index contributed by atoms with van der Waals surface area (Å²) in [7, 11) is 0. The Hall–Kier alpha value is -2.29. The second-order valence-electron chi connectivity index (χ2n) is 3.63. The summed E-state index contributed by atoms with van der Waals surface area (Å²) in [6.45, 7) is 0. The minimum absolute atomic E-state index is 1.01. The molecule has 3 heteroatoms. The third-order valence-corrected chi connectivity index (χ3v) is 2.59. The number of hydrogen-bond donors (Lipinski definition) is 2. The van der Waals surface area contributed by atoms with E-state index in [1.165, 1.54) is 10.9 Å². The molecule has 3 nitrogen and oxygen atoms in total. The van der Waals surface area contributed by atoms with Crippen LogP contribution in [0, 0.1) is 0 Å². The van der Waals surface area contributed by atoms with Crippen molar-refractivity contribution in [2.75, 3.05) is 0 Å². The molecule has 0 aliphatic carbocycles. The molecule has 2 N–H and O–H groups in total. The quantitative estimate of drug-likeness (QED) is 0.669. The average molecular weight is 209 g/mol. The lowest BCUT2D eigenvalue weighted by atomic mass is 10.1. The van der Waals surface area contributed by atoms with Gasteiger partial charge in [-0.1, -0.05) is 18.2 Å². The minimum atomic E-state index is 1.01. The third kappa shape index (κ3) is 1.52. The molecule has 0 unspecified atom stereocenters.